The van der Waals surface area contributed by atoms with Gasteiger partial charge in [0, 0.05) is 23.2 Å². The molecule has 2 N–H and O–H groups in total. The second-order valence-corrected chi connectivity index (χ2v) is 6.97. The second-order valence-electron chi connectivity index (χ2n) is 6.97. The fourth-order valence-electron chi connectivity index (χ4n) is 3.17. The first-order valence-corrected chi connectivity index (χ1v) is 9.67. The minimum Gasteiger partial charge on any atom is -0.379 e. The molecule has 0 aliphatic carbocycles. The van der Waals surface area contributed by atoms with E-state index in [0.717, 1.165) is 22.8 Å². The van der Waals surface area contributed by atoms with Crippen LogP contribution in [0.25, 0.3) is 0 Å². The maximum Gasteiger partial charge on any atom is 0.193 e. The van der Waals surface area contributed by atoms with Crippen molar-refractivity contribution in [3.63, 3.8) is 0 Å². The van der Waals surface area contributed by atoms with E-state index in [0.29, 0.717) is 29.7 Å². The summed E-state index contributed by atoms with van der Waals surface area (Å²) in [6.45, 7) is 0.604. The smallest absolute Gasteiger partial charge is 0.193 e. The number of aromatic amines is 1. The zero-order valence-corrected chi connectivity index (χ0v) is 16.3. The van der Waals surface area contributed by atoms with Crippen LogP contribution in [0.1, 0.15) is 38.6 Å². The van der Waals surface area contributed by atoms with Crippen molar-refractivity contribution in [3.05, 3.63) is 119 Å². The fourth-order valence-corrected chi connectivity index (χ4v) is 3.17. The lowest BCUT2D eigenvalue weighted by atomic mass is 10.0. The highest BCUT2D eigenvalue weighted by Gasteiger charge is 2.08. The number of carbonyl (C=O) groups is 1. The highest BCUT2D eigenvalue weighted by atomic mass is 16.1. The molecule has 0 saturated heterocycles. The van der Waals surface area contributed by atoms with Crippen molar-refractivity contribution in [3.8, 4) is 6.07 Å². The lowest BCUT2D eigenvalue weighted by Gasteiger charge is -2.06. The molecule has 5 heteroatoms. The Labute approximate surface area is 175 Å². The number of nitrogens with zero attached hydrogens (tertiary/aromatic N) is 2. The van der Waals surface area contributed by atoms with Gasteiger partial charge in [-0.25, -0.2) is 4.98 Å². The number of anilines is 1. The zero-order valence-electron chi connectivity index (χ0n) is 16.3. The average molecular weight is 392 g/mol. The minimum absolute atomic E-state index is 0.0168. The van der Waals surface area contributed by atoms with Gasteiger partial charge in [0.1, 0.15) is 5.82 Å². The van der Waals surface area contributed by atoms with E-state index in [-0.39, 0.29) is 5.78 Å². The molecule has 0 aliphatic heterocycles. The van der Waals surface area contributed by atoms with Crippen molar-refractivity contribution in [1.82, 2.24) is 9.97 Å². The van der Waals surface area contributed by atoms with Gasteiger partial charge in [-0.05, 0) is 42.0 Å². The van der Waals surface area contributed by atoms with Crippen LogP contribution in [0.4, 0.5) is 5.69 Å². The summed E-state index contributed by atoms with van der Waals surface area (Å²) in [7, 11) is 0. The molecule has 1 aromatic heterocycles. The van der Waals surface area contributed by atoms with Crippen LogP contribution in [0.5, 0.6) is 0 Å². The van der Waals surface area contributed by atoms with Gasteiger partial charge >= 0.3 is 0 Å². The topological polar surface area (TPSA) is 81.6 Å². The summed E-state index contributed by atoms with van der Waals surface area (Å²) in [6, 6.07) is 26.4. The van der Waals surface area contributed by atoms with Gasteiger partial charge in [-0.2, -0.15) is 5.26 Å². The molecule has 5 nitrogen and oxygen atoms in total. The van der Waals surface area contributed by atoms with E-state index in [4.69, 9.17) is 5.26 Å². The molecule has 4 aromatic rings. The predicted molar refractivity (Wildman–Crippen MR) is 116 cm³/mol. The first-order chi connectivity index (χ1) is 14.7. The number of nitrogens with one attached hydrogen (secondary N) is 2. The minimum atomic E-state index is 0.0168. The summed E-state index contributed by atoms with van der Waals surface area (Å²) in [5.41, 5.74) is 5.01. The van der Waals surface area contributed by atoms with E-state index < -0.39 is 0 Å². The van der Waals surface area contributed by atoms with Crippen LogP contribution in [-0.2, 0) is 13.0 Å². The SMILES string of the molecule is N#Cc1ccc(Cc2ncc(CNc3ccc(C(=O)c4ccccc4)cc3)[nH]2)cc1. The summed E-state index contributed by atoms with van der Waals surface area (Å²) in [5.74, 6) is 0.892. The number of hydrogen-bond acceptors (Lipinski definition) is 4. The molecule has 0 unspecified atom stereocenters. The van der Waals surface area contributed by atoms with Crippen molar-refractivity contribution < 1.29 is 4.79 Å². The summed E-state index contributed by atoms with van der Waals surface area (Å²) < 4.78 is 0. The van der Waals surface area contributed by atoms with Gasteiger partial charge in [0.15, 0.2) is 5.78 Å². The Hall–Kier alpha value is -4.17. The number of imidazole rings is 1. The van der Waals surface area contributed by atoms with Gasteiger partial charge in [0.05, 0.1) is 30.1 Å². The van der Waals surface area contributed by atoms with Gasteiger partial charge in [-0.1, -0.05) is 42.5 Å². The van der Waals surface area contributed by atoms with Crippen LogP contribution in [0, 0.1) is 11.3 Å². The van der Waals surface area contributed by atoms with Crippen LogP contribution in [0.3, 0.4) is 0 Å². The molecule has 1 heterocycles. The summed E-state index contributed by atoms with van der Waals surface area (Å²) in [4.78, 5) is 20.2. The summed E-state index contributed by atoms with van der Waals surface area (Å²) in [5, 5.41) is 12.2. The standard InChI is InChI=1S/C25H20N4O/c26-15-19-8-6-18(7-9-19)14-24-28-17-23(29-24)16-27-22-12-10-21(11-13-22)25(30)20-4-2-1-3-5-20/h1-13,17,27H,14,16H2,(H,28,29). The Morgan fingerprint density at radius 1 is 0.933 bits per heavy atom. The number of nitriles is 1. The number of aromatic nitrogens is 2. The largest absolute Gasteiger partial charge is 0.379 e. The van der Waals surface area contributed by atoms with Gasteiger partial charge < -0.3 is 10.3 Å². The molecule has 0 amide bonds. The molecular weight excluding hydrogens is 372 g/mol. The van der Waals surface area contributed by atoms with Crippen LogP contribution in [-0.4, -0.2) is 15.8 Å². The molecule has 0 bridgehead atoms. The number of rotatable bonds is 7. The van der Waals surface area contributed by atoms with Crippen LogP contribution in [0.15, 0.2) is 85.1 Å². The lowest BCUT2D eigenvalue weighted by Crippen LogP contribution is -2.03. The molecule has 0 radical (unpaired) electrons. The van der Waals surface area contributed by atoms with Crippen LogP contribution in [0.2, 0.25) is 0 Å². The van der Waals surface area contributed by atoms with E-state index in [1.54, 1.807) is 0 Å². The zero-order chi connectivity index (χ0) is 20.8. The molecule has 3 aromatic carbocycles. The number of hydrogen-bond donors (Lipinski definition) is 2. The number of carbonyl (C=O) groups excluding carboxylic acids is 1. The third-order valence-electron chi connectivity index (χ3n) is 4.80. The third-order valence-corrected chi connectivity index (χ3v) is 4.80. The molecule has 0 atom stereocenters. The Kier molecular flexibility index (Phi) is 5.68. The quantitative estimate of drug-likeness (QED) is 0.446. The van der Waals surface area contributed by atoms with Gasteiger partial charge in [0.2, 0.25) is 0 Å². The monoisotopic (exact) mass is 392 g/mol. The van der Waals surface area contributed by atoms with Gasteiger partial charge in [-0.15, -0.1) is 0 Å². The normalized spacial score (nSPS) is 10.4. The van der Waals surface area contributed by atoms with E-state index >= 15 is 0 Å². The number of H-pyrrole nitrogens is 1. The molecule has 0 fully saturated rings. The van der Waals surface area contributed by atoms with Crippen molar-refractivity contribution in [1.29, 1.82) is 5.26 Å². The Morgan fingerprint density at radius 3 is 2.33 bits per heavy atom. The Morgan fingerprint density at radius 2 is 1.63 bits per heavy atom. The fraction of sp³-hybridized carbons (Fsp3) is 0.0800. The van der Waals surface area contributed by atoms with Gasteiger partial charge in [0.25, 0.3) is 0 Å². The van der Waals surface area contributed by atoms with Crippen LogP contribution < -0.4 is 5.32 Å². The van der Waals surface area contributed by atoms with Crippen molar-refractivity contribution in [2.24, 2.45) is 0 Å². The van der Waals surface area contributed by atoms with Crippen molar-refractivity contribution in [2.45, 2.75) is 13.0 Å². The van der Waals surface area contributed by atoms with E-state index in [9.17, 15) is 4.79 Å². The lowest BCUT2D eigenvalue weighted by molar-refractivity contribution is 0.103. The first-order valence-electron chi connectivity index (χ1n) is 9.67. The second kappa shape index (κ2) is 8.89. The van der Waals surface area contributed by atoms with E-state index in [1.165, 1.54) is 0 Å². The predicted octanol–water partition coefficient (Wildman–Crippen LogP) is 4.72. The molecule has 0 aliphatic rings. The maximum absolute atomic E-state index is 12.5. The van der Waals surface area contributed by atoms with Gasteiger partial charge in [-0.3, -0.25) is 4.79 Å². The van der Waals surface area contributed by atoms with E-state index in [2.05, 4.69) is 21.4 Å². The third kappa shape index (κ3) is 4.62. The van der Waals surface area contributed by atoms with Crippen molar-refractivity contribution >= 4 is 11.5 Å². The number of benzene rings is 3. The average Bonchev–Trinajstić information content (AvgIpc) is 3.26. The van der Waals surface area contributed by atoms with Crippen molar-refractivity contribution in [2.75, 3.05) is 5.32 Å². The highest BCUT2D eigenvalue weighted by molar-refractivity contribution is 6.09. The molecule has 30 heavy (non-hydrogen) atoms. The molecule has 0 spiro atoms. The van der Waals surface area contributed by atoms with Crippen LogP contribution >= 0.6 is 0 Å². The first kappa shape index (κ1) is 19.2. The Bertz CT molecular complexity index is 1170. The number of ketones is 1. The summed E-state index contributed by atoms with van der Waals surface area (Å²) in [6.07, 6.45) is 2.50. The molecule has 146 valence electrons. The Balaban J connectivity index is 1.34. The molecule has 4 rings (SSSR count). The molecule has 0 saturated carbocycles. The van der Waals surface area contributed by atoms with E-state index in [1.807, 2.05) is 85.1 Å². The molecular formula is C25H20N4O. The maximum atomic E-state index is 12.5. The highest BCUT2D eigenvalue weighted by Crippen LogP contribution is 2.15. The summed E-state index contributed by atoms with van der Waals surface area (Å²) >= 11 is 0.